The average molecular weight is 205 g/mol. The maximum atomic E-state index is 9.53. The molecule has 0 heterocycles. The number of hydrogen-bond donors (Lipinski definition) is 2. The SMILES string of the molecule is Cc1ccc2c(c1)C(N)(CO)C(C)CC2. The molecule has 0 saturated heterocycles. The molecular formula is C13H19NO. The lowest BCUT2D eigenvalue weighted by Gasteiger charge is -2.40. The number of benzene rings is 1. The summed E-state index contributed by atoms with van der Waals surface area (Å²) in [5.41, 5.74) is 9.45. The van der Waals surface area contributed by atoms with Crippen molar-refractivity contribution < 1.29 is 5.11 Å². The molecule has 0 fully saturated rings. The molecule has 0 aromatic heterocycles. The quantitative estimate of drug-likeness (QED) is 0.733. The van der Waals surface area contributed by atoms with Gasteiger partial charge >= 0.3 is 0 Å². The van der Waals surface area contributed by atoms with E-state index in [2.05, 4.69) is 32.0 Å². The van der Waals surface area contributed by atoms with Crippen molar-refractivity contribution in [2.45, 2.75) is 32.2 Å². The van der Waals surface area contributed by atoms with Crippen LogP contribution in [0.2, 0.25) is 0 Å². The van der Waals surface area contributed by atoms with Crippen LogP contribution in [0.5, 0.6) is 0 Å². The van der Waals surface area contributed by atoms with Gasteiger partial charge in [0.15, 0.2) is 0 Å². The summed E-state index contributed by atoms with van der Waals surface area (Å²) in [7, 11) is 0. The van der Waals surface area contributed by atoms with Gasteiger partial charge in [-0.15, -0.1) is 0 Å². The molecular weight excluding hydrogens is 186 g/mol. The predicted octanol–water partition coefficient (Wildman–Crippen LogP) is 1.72. The van der Waals surface area contributed by atoms with Crippen LogP contribution in [-0.4, -0.2) is 11.7 Å². The second-order valence-corrected chi connectivity index (χ2v) is 4.80. The Morgan fingerprint density at radius 2 is 2.27 bits per heavy atom. The van der Waals surface area contributed by atoms with Crippen LogP contribution in [0, 0.1) is 12.8 Å². The largest absolute Gasteiger partial charge is 0.394 e. The van der Waals surface area contributed by atoms with Crippen molar-refractivity contribution >= 4 is 0 Å². The van der Waals surface area contributed by atoms with Gasteiger partial charge < -0.3 is 10.8 Å². The summed E-state index contributed by atoms with van der Waals surface area (Å²) in [6.45, 7) is 4.23. The third kappa shape index (κ3) is 1.58. The van der Waals surface area contributed by atoms with E-state index in [1.54, 1.807) is 0 Å². The number of nitrogens with two attached hydrogens (primary N) is 1. The van der Waals surface area contributed by atoms with E-state index >= 15 is 0 Å². The molecule has 2 rings (SSSR count). The van der Waals surface area contributed by atoms with Crippen molar-refractivity contribution in [3.05, 3.63) is 34.9 Å². The zero-order valence-electron chi connectivity index (χ0n) is 9.46. The molecule has 2 nitrogen and oxygen atoms in total. The van der Waals surface area contributed by atoms with Crippen LogP contribution < -0.4 is 5.73 Å². The van der Waals surface area contributed by atoms with E-state index in [9.17, 15) is 5.11 Å². The Hall–Kier alpha value is -0.860. The summed E-state index contributed by atoms with van der Waals surface area (Å²) in [5, 5.41) is 9.53. The Kier molecular flexibility index (Phi) is 2.57. The van der Waals surface area contributed by atoms with E-state index < -0.39 is 5.54 Å². The lowest BCUT2D eigenvalue weighted by atomic mass is 9.70. The summed E-state index contributed by atoms with van der Waals surface area (Å²) in [6, 6.07) is 6.39. The molecule has 15 heavy (non-hydrogen) atoms. The van der Waals surface area contributed by atoms with Crippen LogP contribution in [0.3, 0.4) is 0 Å². The standard InChI is InChI=1S/C13H19NO/c1-9-3-5-11-6-4-10(2)13(14,8-15)12(11)7-9/h3,5,7,10,15H,4,6,8,14H2,1-2H3. The highest BCUT2D eigenvalue weighted by atomic mass is 16.3. The molecule has 0 radical (unpaired) electrons. The van der Waals surface area contributed by atoms with Crippen LogP contribution in [-0.2, 0) is 12.0 Å². The summed E-state index contributed by atoms with van der Waals surface area (Å²) in [6.07, 6.45) is 2.14. The van der Waals surface area contributed by atoms with E-state index in [1.165, 1.54) is 11.1 Å². The highest BCUT2D eigenvalue weighted by molar-refractivity contribution is 5.39. The van der Waals surface area contributed by atoms with Gasteiger partial charge in [0, 0.05) is 0 Å². The highest BCUT2D eigenvalue weighted by Crippen LogP contribution is 2.37. The number of aliphatic hydroxyl groups is 1. The Balaban J connectivity index is 2.56. The van der Waals surface area contributed by atoms with E-state index in [4.69, 9.17) is 5.73 Å². The zero-order valence-corrected chi connectivity index (χ0v) is 9.46. The van der Waals surface area contributed by atoms with Crippen molar-refractivity contribution in [3.63, 3.8) is 0 Å². The van der Waals surface area contributed by atoms with Gasteiger partial charge in [0.1, 0.15) is 0 Å². The van der Waals surface area contributed by atoms with Gasteiger partial charge in [-0.05, 0) is 36.8 Å². The van der Waals surface area contributed by atoms with Crippen LogP contribution in [0.25, 0.3) is 0 Å². The van der Waals surface area contributed by atoms with Crippen molar-refractivity contribution in [2.24, 2.45) is 11.7 Å². The fourth-order valence-electron chi connectivity index (χ4n) is 2.48. The second-order valence-electron chi connectivity index (χ2n) is 4.80. The molecule has 1 aromatic carbocycles. The van der Waals surface area contributed by atoms with Gasteiger partial charge in [-0.25, -0.2) is 0 Å². The molecule has 1 aromatic rings. The van der Waals surface area contributed by atoms with Crippen molar-refractivity contribution in [1.82, 2.24) is 0 Å². The van der Waals surface area contributed by atoms with Crippen LogP contribution in [0.4, 0.5) is 0 Å². The van der Waals surface area contributed by atoms with Crippen molar-refractivity contribution in [3.8, 4) is 0 Å². The number of fused-ring (bicyclic) bond motifs is 1. The third-order valence-electron chi connectivity index (χ3n) is 3.75. The first-order valence-corrected chi connectivity index (χ1v) is 5.57. The Morgan fingerprint density at radius 3 is 2.93 bits per heavy atom. The summed E-state index contributed by atoms with van der Waals surface area (Å²) in [4.78, 5) is 0. The van der Waals surface area contributed by atoms with E-state index in [1.807, 2.05) is 0 Å². The van der Waals surface area contributed by atoms with Gasteiger partial charge in [0.2, 0.25) is 0 Å². The fourth-order valence-corrected chi connectivity index (χ4v) is 2.48. The number of aryl methyl sites for hydroxylation is 2. The Morgan fingerprint density at radius 1 is 1.53 bits per heavy atom. The molecule has 0 aliphatic heterocycles. The number of hydrogen-bond acceptors (Lipinski definition) is 2. The lowest BCUT2D eigenvalue weighted by molar-refractivity contribution is 0.133. The van der Waals surface area contributed by atoms with E-state index in [0.29, 0.717) is 5.92 Å². The first-order chi connectivity index (χ1) is 7.08. The second kappa shape index (κ2) is 3.62. The molecule has 2 unspecified atom stereocenters. The molecule has 1 aliphatic rings. The van der Waals surface area contributed by atoms with Crippen LogP contribution in [0.1, 0.15) is 30.0 Å². The number of rotatable bonds is 1. The zero-order chi connectivity index (χ0) is 11.1. The van der Waals surface area contributed by atoms with Gasteiger partial charge in [-0.3, -0.25) is 0 Å². The maximum Gasteiger partial charge on any atom is 0.0672 e. The van der Waals surface area contributed by atoms with E-state index in [-0.39, 0.29) is 6.61 Å². The minimum Gasteiger partial charge on any atom is -0.394 e. The number of aliphatic hydroxyl groups excluding tert-OH is 1. The van der Waals surface area contributed by atoms with Gasteiger partial charge in [0.05, 0.1) is 12.1 Å². The Labute approximate surface area is 91.1 Å². The first-order valence-electron chi connectivity index (χ1n) is 5.57. The van der Waals surface area contributed by atoms with Gasteiger partial charge in [-0.1, -0.05) is 30.7 Å². The molecule has 3 N–H and O–H groups in total. The minimum absolute atomic E-state index is 0.0324. The van der Waals surface area contributed by atoms with E-state index in [0.717, 1.165) is 18.4 Å². The van der Waals surface area contributed by atoms with Crippen molar-refractivity contribution in [1.29, 1.82) is 0 Å². The van der Waals surface area contributed by atoms with Gasteiger partial charge in [-0.2, -0.15) is 0 Å². The molecule has 2 heteroatoms. The Bertz CT molecular complexity index is 375. The van der Waals surface area contributed by atoms with Gasteiger partial charge in [0.25, 0.3) is 0 Å². The third-order valence-corrected chi connectivity index (χ3v) is 3.75. The molecule has 2 atom stereocenters. The fraction of sp³-hybridized carbons (Fsp3) is 0.538. The molecule has 0 amide bonds. The van der Waals surface area contributed by atoms with Crippen molar-refractivity contribution in [2.75, 3.05) is 6.61 Å². The average Bonchev–Trinajstić information content (AvgIpc) is 2.24. The normalized spacial score (nSPS) is 30.0. The summed E-state index contributed by atoms with van der Waals surface area (Å²) >= 11 is 0. The lowest BCUT2D eigenvalue weighted by Crippen LogP contribution is -2.49. The molecule has 0 spiro atoms. The predicted molar refractivity (Wildman–Crippen MR) is 61.6 cm³/mol. The molecule has 0 saturated carbocycles. The maximum absolute atomic E-state index is 9.53. The molecule has 82 valence electrons. The minimum atomic E-state index is -0.542. The topological polar surface area (TPSA) is 46.2 Å². The first kappa shape index (κ1) is 10.7. The summed E-state index contributed by atoms with van der Waals surface area (Å²) < 4.78 is 0. The highest BCUT2D eigenvalue weighted by Gasteiger charge is 2.37. The summed E-state index contributed by atoms with van der Waals surface area (Å²) in [5.74, 6) is 0.344. The molecule has 0 bridgehead atoms. The molecule has 1 aliphatic carbocycles. The van der Waals surface area contributed by atoms with Crippen LogP contribution >= 0.6 is 0 Å². The van der Waals surface area contributed by atoms with Crippen LogP contribution in [0.15, 0.2) is 18.2 Å². The monoisotopic (exact) mass is 205 g/mol. The smallest absolute Gasteiger partial charge is 0.0672 e.